The molecule has 0 saturated heterocycles. The maximum Gasteiger partial charge on any atom is 0.420 e. The highest BCUT2D eigenvalue weighted by Crippen LogP contribution is 2.44. The van der Waals surface area contributed by atoms with Gasteiger partial charge in [-0.3, -0.25) is 5.32 Å². The van der Waals surface area contributed by atoms with Crippen molar-refractivity contribution in [3.8, 4) is 17.7 Å². The lowest BCUT2D eigenvalue weighted by Crippen LogP contribution is -2.24. The zero-order valence-corrected chi connectivity index (χ0v) is 16.4. The largest absolute Gasteiger partial charge is 0.455 e. The molecule has 148 valence electrons. The highest BCUT2D eigenvalue weighted by molar-refractivity contribution is 7.90. The molecular formula is C16H11ClF3N3O3S2. The van der Waals surface area contributed by atoms with Gasteiger partial charge in [-0.1, -0.05) is 11.6 Å². The molecule has 0 bridgehead atoms. The number of rotatable bonds is 4. The van der Waals surface area contributed by atoms with E-state index in [1.54, 1.807) is 0 Å². The third kappa shape index (κ3) is 5.48. The van der Waals surface area contributed by atoms with E-state index in [0.29, 0.717) is 0 Å². The van der Waals surface area contributed by atoms with Gasteiger partial charge in [0, 0.05) is 11.9 Å². The number of alkyl halides is 3. The summed E-state index contributed by atoms with van der Waals surface area (Å²) in [5, 5.41) is 12.4. The lowest BCUT2D eigenvalue weighted by molar-refractivity contribution is -0.138. The van der Waals surface area contributed by atoms with Gasteiger partial charge in [0.1, 0.15) is 11.3 Å². The highest BCUT2D eigenvalue weighted by Gasteiger charge is 2.36. The van der Waals surface area contributed by atoms with Crippen LogP contribution in [0.15, 0.2) is 41.3 Å². The number of benzene rings is 2. The molecule has 12 heteroatoms. The number of sulfone groups is 1. The van der Waals surface area contributed by atoms with Crippen LogP contribution >= 0.6 is 23.8 Å². The van der Waals surface area contributed by atoms with Crippen LogP contribution in [0.2, 0.25) is 5.02 Å². The molecule has 0 saturated carbocycles. The second-order valence-electron chi connectivity index (χ2n) is 5.37. The zero-order valence-electron chi connectivity index (χ0n) is 14.0. The van der Waals surface area contributed by atoms with Gasteiger partial charge in [-0.05, 0) is 48.6 Å². The minimum absolute atomic E-state index is 0.0138. The van der Waals surface area contributed by atoms with E-state index in [0.717, 1.165) is 18.4 Å². The van der Waals surface area contributed by atoms with Crippen LogP contribution in [0.1, 0.15) is 5.56 Å². The molecule has 6 nitrogen and oxygen atoms in total. The van der Waals surface area contributed by atoms with Crippen molar-refractivity contribution in [2.45, 2.75) is 11.1 Å². The normalized spacial score (nSPS) is 11.4. The predicted molar refractivity (Wildman–Crippen MR) is 101 cm³/mol. The summed E-state index contributed by atoms with van der Waals surface area (Å²) in [7, 11) is -3.46. The maximum atomic E-state index is 13.5. The fraction of sp³-hybridized carbons (Fsp3) is 0.125. The number of nitrogens with zero attached hydrogens (tertiary/aromatic N) is 1. The molecule has 0 aromatic heterocycles. The Hall–Kier alpha value is -2.55. The van der Waals surface area contributed by atoms with E-state index in [1.807, 2.05) is 0 Å². The molecule has 0 aliphatic rings. The Labute approximate surface area is 168 Å². The molecule has 0 aliphatic heterocycles. The molecule has 28 heavy (non-hydrogen) atoms. The van der Waals surface area contributed by atoms with E-state index < -0.39 is 27.3 Å². The van der Waals surface area contributed by atoms with Gasteiger partial charge in [0.25, 0.3) is 0 Å². The fourth-order valence-electron chi connectivity index (χ4n) is 2.07. The summed E-state index contributed by atoms with van der Waals surface area (Å²) in [5.74, 6) is -0.701. The first-order valence-electron chi connectivity index (χ1n) is 7.26. The zero-order chi connectivity index (χ0) is 21.1. The Morgan fingerprint density at radius 1 is 1.25 bits per heavy atom. The first kappa shape index (κ1) is 21.7. The lowest BCUT2D eigenvalue weighted by atomic mass is 10.1. The van der Waals surface area contributed by atoms with Gasteiger partial charge < -0.3 is 10.1 Å². The molecule has 0 heterocycles. The summed E-state index contributed by atoms with van der Waals surface area (Å²) in [6.45, 7) is 0. The standard InChI is InChI=1S/C16H11ClF3N3O3S2/c1-28(24,25)11-4-2-10(3-5-11)26-14-12(16(18,19)20)6-9(7-13(14)17)23-15(27)22-8-21/h2-7H,1H3,(H2,22,23,27). The Morgan fingerprint density at radius 2 is 1.86 bits per heavy atom. The summed E-state index contributed by atoms with van der Waals surface area (Å²) >= 11 is 10.7. The SMILES string of the molecule is CS(=O)(=O)c1ccc(Oc2c(Cl)cc(NC(=S)NC#N)cc2C(F)(F)F)cc1. The third-order valence-corrected chi connectivity index (χ3v) is 4.86. The number of hydrogen-bond acceptors (Lipinski definition) is 5. The summed E-state index contributed by atoms with van der Waals surface area (Å²) < 4.78 is 68.6. The second kappa shape index (κ2) is 8.22. The van der Waals surface area contributed by atoms with Crippen LogP contribution in [0.4, 0.5) is 18.9 Å². The average molecular weight is 450 g/mol. The number of ether oxygens (including phenoxy) is 1. The Kier molecular flexibility index (Phi) is 6.38. The van der Waals surface area contributed by atoms with Gasteiger partial charge in [0.2, 0.25) is 0 Å². The monoisotopic (exact) mass is 449 g/mol. The number of nitriles is 1. The van der Waals surface area contributed by atoms with Gasteiger partial charge in [-0.15, -0.1) is 0 Å². The molecule has 0 spiro atoms. The quantitative estimate of drug-likeness (QED) is 0.408. The van der Waals surface area contributed by atoms with Crippen LogP contribution in [0, 0.1) is 11.5 Å². The molecule has 2 rings (SSSR count). The molecule has 2 N–H and O–H groups in total. The Bertz CT molecular complexity index is 1050. The fourth-order valence-corrected chi connectivity index (χ4v) is 3.12. The average Bonchev–Trinajstić information content (AvgIpc) is 2.56. The van der Waals surface area contributed by atoms with E-state index in [9.17, 15) is 21.6 Å². The first-order valence-corrected chi connectivity index (χ1v) is 9.94. The second-order valence-corrected chi connectivity index (χ2v) is 8.20. The van der Waals surface area contributed by atoms with Crippen LogP contribution in [0.5, 0.6) is 11.5 Å². The summed E-state index contributed by atoms with van der Waals surface area (Å²) in [6, 6.07) is 6.69. The molecule has 0 aliphatic carbocycles. The van der Waals surface area contributed by atoms with E-state index in [2.05, 4.69) is 10.6 Å². The molecular weight excluding hydrogens is 439 g/mol. The highest BCUT2D eigenvalue weighted by atomic mass is 35.5. The lowest BCUT2D eigenvalue weighted by Gasteiger charge is -2.17. The van der Waals surface area contributed by atoms with Crippen molar-refractivity contribution in [3.05, 3.63) is 47.0 Å². The van der Waals surface area contributed by atoms with Crippen molar-refractivity contribution in [1.29, 1.82) is 5.26 Å². The molecule has 0 atom stereocenters. The van der Waals surface area contributed by atoms with Gasteiger partial charge in [0.15, 0.2) is 26.9 Å². The van der Waals surface area contributed by atoms with E-state index in [1.165, 1.54) is 30.5 Å². The number of thiocarbonyl (C=S) groups is 1. The van der Waals surface area contributed by atoms with E-state index in [-0.39, 0.29) is 26.5 Å². The van der Waals surface area contributed by atoms with E-state index >= 15 is 0 Å². The van der Waals surface area contributed by atoms with Crippen molar-refractivity contribution < 1.29 is 26.3 Å². The van der Waals surface area contributed by atoms with Crippen LogP contribution in [-0.4, -0.2) is 19.8 Å². The van der Waals surface area contributed by atoms with Crippen LogP contribution in [-0.2, 0) is 16.0 Å². The van der Waals surface area contributed by atoms with Crippen molar-refractivity contribution >= 4 is 44.5 Å². The number of nitrogens with one attached hydrogen (secondary N) is 2. The van der Waals surface area contributed by atoms with Crippen LogP contribution in [0.3, 0.4) is 0 Å². The molecule has 0 radical (unpaired) electrons. The summed E-state index contributed by atoms with van der Waals surface area (Å²) in [6.07, 6.45) is -2.28. The number of hydrogen-bond donors (Lipinski definition) is 2. The molecule has 2 aromatic rings. The van der Waals surface area contributed by atoms with Crippen molar-refractivity contribution in [2.75, 3.05) is 11.6 Å². The van der Waals surface area contributed by atoms with Crippen molar-refractivity contribution in [1.82, 2.24) is 5.32 Å². The molecule has 0 fully saturated rings. The molecule has 2 aromatic carbocycles. The predicted octanol–water partition coefficient (Wildman–Crippen LogP) is 4.32. The number of halogens is 4. The van der Waals surface area contributed by atoms with Gasteiger partial charge in [-0.2, -0.15) is 18.4 Å². The number of anilines is 1. The van der Waals surface area contributed by atoms with Gasteiger partial charge in [-0.25, -0.2) is 8.42 Å². The minimum atomic E-state index is -4.81. The van der Waals surface area contributed by atoms with Gasteiger partial charge in [0.05, 0.1) is 9.92 Å². The van der Waals surface area contributed by atoms with Crippen molar-refractivity contribution in [3.63, 3.8) is 0 Å². The molecule has 0 amide bonds. The maximum absolute atomic E-state index is 13.5. The van der Waals surface area contributed by atoms with Crippen molar-refractivity contribution in [2.24, 2.45) is 0 Å². The van der Waals surface area contributed by atoms with Crippen LogP contribution in [0.25, 0.3) is 0 Å². The first-order chi connectivity index (χ1) is 12.9. The Morgan fingerprint density at radius 3 is 2.36 bits per heavy atom. The molecule has 0 unspecified atom stereocenters. The smallest absolute Gasteiger partial charge is 0.420 e. The summed E-state index contributed by atoms with van der Waals surface area (Å²) in [5.41, 5.74) is -1.29. The minimum Gasteiger partial charge on any atom is -0.455 e. The Balaban J connectivity index is 2.43. The third-order valence-electron chi connectivity index (χ3n) is 3.25. The topological polar surface area (TPSA) is 91.2 Å². The summed E-state index contributed by atoms with van der Waals surface area (Å²) in [4.78, 5) is -0.0138. The van der Waals surface area contributed by atoms with E-state index in [4.69, 9.17) is 33.8 Å². The van der Waals surface area contributed by atoms with Gasteiger partial charge >= 0.3 is 6.18 Å². The van der Waals surface area contributed by atoms with Crippen LogP contribution < -0.4 is 15.4 Å².